The van der Waals surface area contributed by atoms with E-state index in [0.717, 1.165) is 0 Å². The van der Waals surface area contributed by atoms with Crippen molar-refractivity contribution in [3.05, 3.63) is 53.1 Å². The fourth-order valence-electron chi connectivity index (χ4n) is 1.86. The van der Waals surface area contributed by atoms with Crippen molar-refractivity contribution >= 4 is 39.1 Å². The van der Waals surface area contributed by atoms with Crippen LogP contribution in [0.2, 0.25) is 5.02 Å². The smallest absolute Gasteiger partial charge is 0.411 e. The minimum Gasteiger partial charge on any atom is -0.453 e. The van der Waals surface area contributed by atoms with Gasteiger partial charge in [-0.25, -0.2) is 13.2 Å². The summed E-state index contributed by atoms with van der Waals surface area (Å²) in [4.78, 5) is 11.2. The van der Waals surface area contributed by atoms with Crippen molar-refractivity contribution in [3.63, 3.8) is 0 Å². The van der Waals surface area contributed by atoms with E-state index in [1.807, 2.05) is 0 Å². The van der Waals surface area contributed by atoms with E-state index in [4.69, 9.17) is 11.6 Å². The van der Waals surface area contributed by atoms with Crippen molar-refractivity contribution in [2.24, 2.45) is 0 Å². The minimum atomic E-state index is -3.75. The molecule has 0 saturated heterocycles. The summed E-state index contributed by atoms with van der Waals surface area (Å²) >= 11 is 5.86. The van der Waals surface area contributed by atoms with Crippen molar-refractivity contribution in [3.8, 4) is 0 Å². The van der Waals surface area contributed by atoms with Crippen LogP contribution in [0.3, 0.4) is 0 Å². The topological polar surface area (TPSA) is 84.5 Å². The highest BCUT2D eigenvalue weighted by Crippen LogP contribution is 2.23. The Morgan fingerprint density at radius 2 is 1.70 bits per heavy atom. The quantitative estimate of drug-likeness (QED) is 0.878. The number of hydrogen-bond acceptors (Lipinski definition) is 4. The molecule has 0 aromatic heterocycles. The average Bonchev–Trinajstić information content (AvgIpc) is 2.51. The van der Waals surface area contributed by atoms with Crippen LogP contribution in [-0.4, -0.2) is 21.6 Å². The third-order valence-corrected chi connectivity index (χ3v) is 4.77. The molecule has 0 spiro atoms. The minimum absolute atomic E-state index is 0.113. The molecule has 0 heterocycles. The molecule has 122 valence electrons. The van der Waals surface area contributed by atoms with Crippen LogP contribution in [0.15, 0.2) is 47.4 Å². The molecule has 2 rings (SSSR count). The van der Waals surface area contributed by atoms with E-state index in [-0.39, 0.29) is 4.90 Å². The van der Waals surface area contributed by atoms with Gasteiger partial charge in [0, 0.05) is 16.4 Å². The Hall–Kier alpha value is -2.25. The number of benzene rings is 2. The van der Waals surface area contributed by atoms with Crippen LogP contribution in [0.1, 0.15) is 5.56 Å². The molecular weight excluding hydrogens is 340 g/mol. The molecule has 0 aliphatic rings. The van der Waals surface area contributed by atoms with Gasteiger partial charge in [-0.15, -0.1) is 0 Å². The zero-order valence-corrected chi connectivity index (χ0v) is 14.0. The van der Waals surface area contributed by atoms with Crippen LogP contribution in [0, 0.1) is 6.92 Å². The number of carbonyl (C=O) groups is 1. The normalized spacial score (nSPS) is 10.9. The maximum atomic E-state index is 12.4. The Kier molecular flexibility index (Phi) is 5.12. The highest BCUT2D eigenvalue weighted by molar-refractivity contribution is 7.92. The zero-order valence-electron chi connectivity index (χ0n) is 12.5. The van der Waals surface area contributed by atoms with E-state index < -0.39 is 16.1 Å². The van der Waals surface area contributed by atoms with E-state index in [2.05, 4.69) is 14.8 Å². The lowest BCUT2D eigenvalue weighted by atomic mass is 10.2. The number of amides is 1. The van der Waals surface area contributed by atoms with E-state index in [9.17, 15) is 13.2 Å². The number of hydrogen-bond donors (Lipinski definition) is 2. The van der Waals surface area contributed by atoms with Gasteiger partial charge in [-0.2, -0.15) is 0 Å². The maximum Gasteiger partial charge on any atom is 0.411 e. The molecule has 2 aromatic rings. The Bertz CT molecular complexity index is 820. The van der Waals surface area contributed by atoms with Gasteiger partial charge in [0.1, 0.15) is 0 Å². The fourth-order valence-corrected chi connectivity index (χ4v) is 3.43. The SMILES string of the molecule is COC(=O)Nc1ccc(NS(=O)(=O)c2cc(Cl)ccc2C)cc1. The molecule has 2 aromatic carbocycles. The molecule has 1 amide bonds. The second-order valence-electron chi connectivity index (χ2n) is 4.71. The van der Waals surface area contributed by atoms with Crippen LogP contribution in [0.25, 0.3) is 0 Å². The number of nitrogens with one attached hydrogen (secondary N) is 2. The second kappa shape index (κ2) is 6.89. The Morgan fingerprint density at radius 1 is 1.09 bits per heavy atom. The predicted molar refractivity (Wildman–Crippen MR) is 89.5 cm³/mol. The van der Waals surface area contributed by atoms with Crippen LogP contribution in [-0.2, 0) is 14.8 Å². The van der Waals surface area contributed by atoms with Gasteiger partial charge >= 0.3 is 6.09 Å². The molecule has 8 heteroatoms. The number of halogens is 1. The monoisotopic (exact) mass is 354 g/mol. The summed E-state index contributed by atoms with van der Waals surface area (Å²) in [6.45, 7) is 1.69. The molecule has 2 N–H and O–H groups in total. The van der Waals surface area contributed by atoms with Gasteiger partial charge < -0.3 is 4.74 Å². The first kappa shape index (κ1) is 17.1. The predicted octanol–water partition coefficient (Wildman–Crippen LogP) is 3.63. The number of sulfonamides is 1. The zero-order chi connectivity index (χ0) is 17.0. The third-order valence-electron chi connectivity index (χ3n) is 3.01. The molecule has 0 saturated carbocycles. The first-order valence-electron chi connectivity index (χ1n) is 6.56. The Labute approximate surface area is 139 Å². The standard InChI is InChI=1S/C15H15ClN2O4S/c1-10-3-4-11(16)9-14(10)23(20,21)18-13-7-5-12(6-8-13)17-15(19)22-2/h3-9,18H,1-2H3,(H,17,19). The van der Waals surface area contributed by atoms with Crippen molar-refractivity contribution in [1.29, 1.82) is 0 Å². The summed E-state index contributed by atoms with van der Waals surface area (Å²) in [6.07, 6.45) is -0.604. The highest BCUT2D eigenvalue weighted by Gasteiger charge is 2.17. The largest absolute Gasteiger partial charge is 0.453 e. The van der Waals surface area contributed by atoms with Gasteiger partial charge in [0.05, 0.1) is 12.0 Å². The van der Waals surface area contributed by atoms with Crippen molar-refractivity contribution in [2.45, 2.75) is 11.8 Å². The lowest BCUT2D eigenvalue weighted by Crippen LogP contribution is -2.14. The van der Waals surface area contributed by atoms with Gasteiger partial charge in [0.25, 0.3) is 10.0 Å². The van der Waals surface area contributed by atoms with Crippen molar-refractivity contribution < 1.29 is 17.9 Å². The molecule has 6 nitrogen and oxygen atoms in total. The number of carbonyl (C=O) groups excluding carboxylic acids is 1. The summed E-state index contributed by atoms with van der Waals surface area (Å²) in [5.41, 5.74) is 1.43. The maximum absolute atomic E-state index is 12.4. The summed E-state index contributed by atoms with van der Waals surface area (Å²) in [7, 11) is -2.50. The molecule has 0 aliphatic carbocycles. The third kappa shape index (κ3) is 4.37. The Balaban J connectivity index is 2.20. The van der Waals surface area contributed by atoms with Gasteiger partial charge in [-0.1, -0.05) is 17.7 Å². The molecule has 0 aliphatic heterocycles. The number of anilines is 2. The molecule has 0 bridgehead atoms. The fraction of sp³-hybridized carbons (Fsp3) is 0.133. The molecule has 0 atom stereocenters. The lowest BCUT2D eigenvalue weighted by Gasteiger charge is -2.11. The molecule has 0 fully saturated rings. The number of aryl methyl sites for hydroxylation is 1. The number of ether oxygens (including phenoxy) is 1. The summed E-state index contributed by atoms with van der Waals surface area (Å²) < 4.78 is 31.8. The van der Waals surface area contributed by atoms with Crippen LogP contribution < -0.4 is 10.0 Å². The van der Waals surface area contributed by atoms with E-state index in [1.165, 1.54) is 25.3 Å². The molecule has 0 radical (unpaired) electrons. The summed E-state index contributed by atoms with van der Waals surface area (Å²) in [6, 6.07) is 10.8. The van der Waals surface area contributed by atoms with Crippen molar-refractivity contribution in [2.75, 3.05) is 17.1 Å². The first-order chi connectivity index (χ1) is 10.8. The van der Waals surface area contributed by atoms with Crippen molar-refractivity contribution in [1.82, 2.24) is 0 Å². The number of rotatable bonds is 4. The van der Waals surface area contributed by atoms with Gasteiger partial charge in [-0.05, 0) is 48.9 Å². The molecule has 23 heavy (non-hydrogen) atoms. The highest BCUT2D eigenvalue weighted by atomic mass is 35.5. The van der Waals surface area contributed by atoms with E-state index >= 15 is 0 Å². The van der Waals surface area contributed by atoms with E-state index in [0.29, 0.717) is 22.0 Å². The average molecular weight is 355 g/mol. The second-order valence-corrected chi connectivity index (χ2v) is 6.80. The van der Waals surface area contributed by atoms with E-state index in [1.54, 1.807) is 31.2 Å². The van der Waals surface area contributed by atoms with Gasteiger partial charge in [0.15, 0.2) is 0 Å². The molecule has 0 unspecified atom stereocenters. The van der Waals surface area contributed by atoms with Gasteiger partial charge in [0.2, 0.25) is 0 Å². The van der Waals surface area contributed by atoms with Crippen LogP contribution >= 0.6 is 11.6 Å². The van der Waals surface area contributed by atoms with Crippen LogP contribution in [0.5, 0.6) is 0 Å². The summed E-state index contributed by atoms with van der Waals surface area (Å²) in [5, 5.41) is 2.82. The van der Waals surface area contributed by atoms with Gasteiger partial charge in [-0.3, -0.25) is 10.0 Å². The lowest BCUT2D eigenvalue weighted by molar-refractivity contribution is 0.187. The Morgan fingerprint density at radius 3 is 2.30 bits per heavy atom. The number of methoxy groups -OCH3 is 1. The van der Waals surface area contributed by atoms with Crippen LogP contribution in [0.4, 0.5) is 16.2 Å². The first-order valence-corrected chi connectivity index (χ1v) is 8.42. The summed E-state index contributed by atoms with van der Waals surface area (Å²) in [5.74, 6) is 0. The molecular formula is C15H15ClN2O4S.